The van der Waals surface area contributed by atoms with Crippen LogP contribution in [0.4, 0.5) is 5.82 Å². The largest absolute Gasteiger partial charge is 0.368 e. The van der Waals surface area contributed by atoms with E-state index in [1.165, 1.54) is 18.0 Å². The monoisotopic (exact) mass is 286 g/mol. The number of pyridine rings is 1. The van der Waals surface area contributed by atoms with Crippen molar-refractivity contribution in [1.82, 2.24) is 4.98 Å². The van der Waals surface area contributed by atoms with E-state index in [4.69, 9.17) is 11.5 Å². The molecule has 1 aromatic rings. The van der Waals surface area contributed by atoms with E-state index in [-0.39, 0.29) is 23.0 Å². The highest BCUT2D eigenvalue weighted by Gasteiger charge is 2.16. The van der Waals surface area contributed by atoms with Gasteiger partial charge in [0.15, 0.2) is 14.9 Å². The molecule has 0 aliphatic carbocycles. The third-order valence-electron chi connectivity index (χ3n) is 2.24. The van der Waals surface area contributed by atoms with Gasteiger partial charge in [-0.15, -0.1) is 0 Å². The highest BCUT2D eigenvalue weighted by Crippen LogP contribution is 2.17. The van der Waals surface area contributed by atoms with Crippen molar-refractivity contribution in [3.8, 4) is 0 Å². The average Bonchev–Trinajstić information content (AvgIpc) is 2.26. The third kappa shape index (κ3) is 3.91. The fraction of sp³-hybridized carbons (Fsp3) is 0.300. The first-order valence-electron chi connectivity index (χ1n) is 5.12. The van der Waals surface area contributed by atoms with Gasteiger partial charge in [-0.3, -0.25) is 9.59 Å². The number of nitrogens with zero attached hydrogens (tertiary/aromatic N) is 2. The zero-order valence-electron chi connectivity index (χ0n) is 10.5. The number of amides is 2. The summed E-state index contributed by atoms with van der Waals surface area (Å²) >= 11 is 0. The lowest BCUT2D eigenvalue weighted by Gasteiger charge is -2.17. The average molecular weight is 286 g/mol. The van der Waals surface area contributed by atoms with Gasteiger partial charge < -0.3 is 16.4 Å². The summed E-state index contributed by atoms with van der Waals surface area (Å²) in [5.74, 6) is -1.29. The maximum absolute atomic E-state index is 11.5. The van der Waals surface area contributed by atoms with E-state index in [0.29, 0.717) is 0 Å². The van der Waals surface area contributed by atoms with Crippen molar-refractivity contribution in [1.29, 1.82) is 0 Å². The number of rotatable bonds is 5. The Morgan fingerprint density at radius 1 is 1.32 bits per heavy atom. The van der Waals surface area contributed by atoms with E-state index < -0.39 is 21.7 Å². The van der Waals surface area contributed by atoms with Gasteiger partial charge >= 0.3 is 0 Å². The summed E-state index contributed by atoms with van der Waals surface area (Å²) in [6.45, 7) is -0.168. The third-order valence-corrected chi connectivity index (χ3v) is 3.21. The van der Waals surface area contributed by atoms with Crippen LogP contribution in [0.5, 0.6) is 0 Å². The van der Waals surface area contributed by atoms with Crippen LogP contribution in [0.2, 0.25) is 0 Å². The number of primary amides is 2. The van der Waals surface area contributed by atoms with Gasteiger partial charge in [-0.05, 0) is 12.1 Å². The fourth-order valence-corrected chi connectivity index (χ4v) is 1.93. The van der Waals surface area contributed by atoms with Gasteiger partial charge in [0.05, 0.1) is 6.54 Å². The molecule has 104 valence electrons. The number of hydrogen-bond acceptors (Lipinski definition) is 6. The minimum Gasteiger partial charge on any atom is -0.368 e. The van der Waals surface area contributed by atoms with Crippen molar-refractivity contribution >= 4 is 27.5 Å². The minimum absolute atomic E-state index is 0.0123. The van der Waals surface area contributed by atoms with Crippen LogP contribution in [0, 0.1) is 0 Å². The van der Waals surface area contributed by atoms with E-state index in [1.807, 2.05) is 0 Å². The van der Waals surface area contributed by atoms with E-state index in [2.05, 4.69) is 4.98 Å². The summed E-state index contributed by atoms with van der Waals surface area (Å²) in [6.07, 6.45) is 0.956. The molecule has 0 saturated carbocycles. The predicted octanol–water partition coefficient (Wildman–Crippen LogP) is -1.49. The lowest BCUT2D eigenvalue weighted by atomic mass is 10.2. The van der Waals surface area contributed by atoms with Crippen LogP contribution in [-0.2, 0) is 14.6 Å². The quantitative estimate of drug-likeness (QED) is 0.676. The van der Waals surface area contributed by atoms with Crippen LogP contribution in [-0.4, -0.2) is 45.1 Å². The van der Waals surface area contributed by atoms with E-state index in [9.17, 15) is 18.0 Å². The van der Waals surface area contributed by atoms with Crippen molar-refractivity contribution in [2.75, 3.05) is 24.7 Å². The molecule has 0 spiro atoms. The van der Waals surface area contributed by atoms with Crippen molar-refractivity contribution < 1.29 is 18.0 Å². The number of hydrogen-bond donors (Lipinski definition) is 2. The smallest absolute Gasteiger partial charge is 0.248 e. The summed E-state index contributed by atoms with van der Waals surface area (Å²) in [7, 11) is -2.12. The Morgan fingerprint density at radius 2 is 1.89 bits per heavy atom. The van der Waals surface area contributed by atoms with Crippen LogP contribution in [0.15, 0.2) is 17.2 Å². The zero-order chi connectivity index (χ0) is 14.8. The fourth-order valence-electron chi connectivity index (χ4n) is 1.33. The molecule has 8 nitrogen and oxygen atoms in total. The maximum atomic E-state index is 11.5. The number of likely N-dealkylation sites (N-methyl/N-ethyl adjacent to an activating group) is 1. The summed E-state index contributed by atoms with van der Waals surface area (Å²) < 4.78 is 23.0. The van der Waals surface area contributed by atoms with Gasteiger partial charge in [-0.2, -0.15) is 0 Å². The molecule has 1 aromatic heterocycles. The van der Waals surface area contributed by atoms with Crippen molar-refractivity contribution in [3.63, 3.8) is 0 Å². The van der Waals surface area contributed by atoms with Crippen molar-refractivity contribution in [2.45, 2.75) is 5.03 Å². The Bertz CT molecular complexity index is 626. The SMILES string of the molecule is CN(CC(N)=O)c1cc(C(N)=O)cc(S(C)(=O)=O)n1. The highest BCUT2D eigenvalue weighted by atomic mass is 32.2. The first kappa shape index (κ1) is 14.9. The van der Waals surface area contributed by atoms with Crippen molar-refractivity contribution in [3.05, 3.63) is 17.7 Å². The van der Waals surface area contributed by atoms with Gasteiger partial charge in [-0.1, -0.05) is 0 Å². The summed E-state index contributed by atoms with van der Waals surface area (Å²) in [4.78, 5) is 27.2. The summed E-state index contributed by atoms with van der Waals surface area (Å²) in [5, 5.41) is -0.296. The molecule has 9 heteroatoms. The lowest BCUT2D eigenvalue weighted by molar-refractivity contribution is -0.116. The molecular formula is C10H14N4O4S. The van der Waals surface area contributed by atoms with Crippen LogP contribution in [0.25, 0.3) is 0 Å². The molecule has 2 amide bonds. The van der Waals surface area contributed by atoms with Gasteiger partial charge in [0.2, 0.25) is 11.8 Å². The van der Waals surface area contributed by atoms with E-state index in [1.54, 1.807) is 0 Å². The van der Waals surface area contributed by atoms with E-state index in [0.717, 1.165) is 12.3 Å². The number of carbonyl (C=O) groups excluding carboxylic acids is 2. The number of aromatic nitrogens is 1. The molecule has 0 unspecified atom stereocenters. The molecule has 0 aromatic carbocycles. The molecule has 0 fully saturated rings. The molecule has 0 atom stereocenters. The summed E-state index contributed by atoms with van der Waals surface area (Å²) in [6, 6.07) is 2.37. The second kappa shape index (κ2) is 5.22. The van der Waals surface area contributed by atoms with Gasteiger partial charge in [0.25, 0.3) is 0 Å². The lowest BCUT2D eigenvalue weighted by Crippen LogP contribution is -2.31. The van der Waals surface area contributed by atoms with Gasteiger partial charge in [-0.25, -0.2) is 13.4 Å². The number of carbonyl (C=O) groups is 2. The Hall–Kier alpha value is -2.16. The second-order valence-corrected chi connectivity index (χ2v) is 5.97. The highest BCUT2D eigenvalue weighted by molar-refractivity contribution is 7.90. The maximum Gasteiger partial charge on any atom is 0.248 e. The zero-order valence-corrected chi connectivity index (χ0v) is 11.3. The predicted molar refractivity (Wildman–Crippen MR) is 68.3 cm³/mol. The minimum atomic E-state index is -3.61. The molecule has 0 aliphatic heterocycles. The number of anilines is 1. The Kier molecular flexibility index (Phi) is 4.10. The first-order valence-corrected chi connectivity index (χ1v) is 7.02. The molecular weight excluding hydrogens is 272 g/mol. The number of sulfone groups is 1. The van der Waals surface area contributed by atoms with Gasteiger partial charge in [0, 0.05) is 18.9 Å². The normalized spacial score (nSPS) is 11.1. The molecule has 19 heavy (non-hydrogen) atoms. The molecule has 0 aliphatic rings. The molecule has 1 rings (SSSR count). The van der Waals surface area contributed by atoms with Crippen LogP contribution in [0.3, 0.4) is 0 Å². The van der Waals surface area contributed by atoms with Gasteiger partial charge in [0.1, 0.15) is 5.82 Å². The molecule has 4 N–H and O–H groups in total. The Balaban J connectivity index is 3.36. The van der Waals surface area contributed by atoms with Crippen LogP contribution < -0.4 is 16.4 Å². The van der Waals surface area contributed by atoms with Crippen LogP contribution in [0.1, 0.15) is 10.4 Å². The summed E-state index contributed by atoms with van der Waals surface area (Å²) in [5.41, 5.74) is 10.1. The molecule has 1 heterocycles. The Morgan fingerprint density at radius 3 is 2.32 bits per heavy atom. The second-order valence-electron chi connectivity index (χ2n) is 4.01. The van der Waals surface area contributed by atoms with Crippen LogP contribution >= 0.6 is 0 Å². The van der Waals surface area contributed by atoms with E-state index >= 15 is 0 Å². The number of nitrogens with two attached hydrogens (primary N) is 2. The standard InChI is InChI=1S/C10H14N4O4S/c1-14(5-7(11)15)8-3-6(10(12)16)4-9(13-8)19(2,17)18/h3-4H,5H2,1-2H3,(H2,11,15)(H2,12,16). The Labute approximate surface area is 110 Å². The first-order chi connectivity index (χ1) is 8.61. The molecule has 0 bridgehead atoms. The molecule has 0 radical (unpaired) electrons. The topological polar surface area (TPSA) is 136 Å². The molecule has 0 saturated heterocycles. The van der Waals surface area contributed by atoms with Crippen molar-refractivity contribution in [2.24, 2.45) is 11.5 Å².